The Balaban J connectivity index is 2.23. The van der Waals surface area contributed by atoms with E-state index in [1.807, 2.05) is 0 Å². The molecule has 0 aliphatic rings. The Hall–Kier alpha value is -2.23. The number of carbonyl (C=O) groups is 1. The highest BCUT2D eigenvalue weighted by Crippen LogP contribution is 2.20. The maximum atomic E-state index is 13.1. The molecule has 0 saturated carbocycles. The van der Waals surface area contributed by atoms with Gasteiger partial charge in [-0.1, -0.05) is 18.2 Å². The first kappa shape index (κ1) is 13.2. The number of hydrogen-bond donors (Lipinski definition) is 0. The van der Waals surface area contributed by atoms with Gasteiger partial charge in [0.25, 0.3) is 0 Å². The Morgan fingerprint density at radius 2 is 1.84 bits per heavy atom. The van der Waals surface area contributed by atoms with Crippen molar-refractivity contribution in [3.05, 3.63) is 65.2 Å². The van der Waals surface area contributed by atoms with Crippen molar-refractivity contribution in [3.8, 4) is 5.75 Å². The van der Waals surface area contributed by atoms with Crippen molar-refractivity contribution < 1.29 is 18.3 Å². The van der Waals surface area contributed by atoms with Gasteiger partial charge in [-0.05, 0) is 29.8 Å². The standard InChI is InChI=1S/C15H12F2O2/c1-19-15-5-3-2-4-11(15)14(18)9-10-6-7-12(16)13(17)8-10/h2-8H,9H2,1H3. The second kappa shape index (κ2) is 5.61. The van der Waals surface area contributed by atoms with Crippen LogP contribution in [0.3, 0.4) is 0 Å². The quantitative estimate of drug-likeness (QED) is 0.789. The van der Waals surface area contributed by atoms with E-state index in [1.54, 1.807) is 24.3 Å². The fourth-order valence-corrected chi connectivity index (χ4v) is 1.81. The minimum Gasteiger partial charge on any atom is -0.496 e. The number of methoxy groups -OCH3 is 1. The molecule has 0 radical (unpaired) electrons. The lowest BCUT2D eigenvalue weighted by atomic mass is 10.0. The van der Waals surface area contributed by atoms with Crippen LogP contribution in [0.25, 0.3) is 0 Å². The van der Waals surface area contributed by atoms with E-state index in [-0.39, 0.29) is 12.2 Å². The Labute approximate surface area is 109 Å². The topological polar surface area (TPSA) is 26.3 Å². The molecule has 0 unspecified atom stereocenters. The molecule has 2 aromatic carbocycles. The number of ketones is 1. The highest BCUT2D eigenvalue weighted by molar-refractivity contribution is 5.99. The summed E-state index contributed by atoms with van der Waals surface area (Å²) in [6.45, 7) is 0. The molecule has 0 atom stereocenters. The first-order valence-corrected chi connectivity index (χ1v) is 5.72. The molecule has 0 bridgehead atoms. The smallest absolute Gasteiger partial charge is 0.170 e. The SMILES string of the molecule is COc1ccccc1C(=O)Cc1ccc(F)c(F)c1. The summed E-state index contributed by atoms with van der Waals surface area (Å²) in [4.78, 5) is 12.1. The first-order chi connectivity index (χ1) is 9.11. The minimum atomic E-state index is -0.953. The number of ether oxygens (including phenoxy) is 1. The van der Waals surface area contributed by atoms with E-state index in [1.165, 1.54) is 13.2 Å². The molecule has 0 amide bonds. The van der Waals surface area contributed by atoms with E-state index in [4.69, 9.17) is 4.74 Å². The lowest BCUT2D eigenvalue weighted by Gasteiger charge is -2.07. The van der Waals surface area contributed by atoms with E-state index in [0.717, 1.165) is 12.1 Å². The van der Waals surface area contributed by atoms with Crippen LogP contribution in [0.15, 0.2) is 42.5 Å². The molecule has 2 nitrogen and oxygen atoms in total. The van der Waals surface area contributed by atoms with Gasteiger partial charge in [-0.25, -0.2) is 8.78 Å². The number of benzene rings is 2. The van der Waals surface area contributed by atoms with E-state index in [2.05, 4.69) is 0 Å². The second-order valence-corrected chi connectivity index (χ2v) is 4.05. The van der Waals surface area contributed by atoms with Gasteiger partial charge in [-0.2, -0.15) is 0 Å². The Bertz CT molecular complexity index is 609. The van der Waals surface area contributed by atoms with Crippen molar-refractivity contribution in [2.45, 2.75) is 6.42 Å². The van der Waals surface area contributed by atoms with E-state index < -0.39 is 11.6 Å². The second-order valence-electron chi connectivity index (χ2n) is 4.05. The fourth-order valence-electron chi connectivity index (χ4n) is 1.81. The predicted octanol–water partition coefficient (Wildman–Crippen LogP) is 3.40. The molecule has 2 rings (SSSR count). The van der Waals surface area contributed by atoms with Gasteiger partial charge in [0.15, 0.2) is 17.4 Å². The molecule has 0 heterocycles. The summed E-state index contributed by atoms with van der Waals surface area (Å²) in [6.07, 6.45) is -0.00241. The van der Waals surface area contributed by atoms with Gasteiger partial charge in [-0.15, -0.1) is 0 Å². The molecule has 0 N–H and O–H groups in total. The van der Waals surface area contributed by atoms with Gasteiger partial charge in [-0.3, -0.25) is 4.79 Å². The molecule has 0 aromatic heterocycles. The number of rotatable bonds is 4. The number of hydrogen-bond acceptors (Lipinski definition) is 2. The summed E-state index contributed by atoms with van der Waals surface area (Å²) < 4.78 is 31.0. The van der Waals surface area contributed by atoms with Crippen molar-refractivity contribution >= 4 is 5.78 Å². The van der Waals surface area contributed by atoms with Gasteiger partial charge in [0, 0.05) is 6.42 Å². The zero-order valence-corrected chi connectivity index (χ0v) is 10.3. The average molecular weight is 262 g/mol. The van der Waals surface area contributed by atoms with Gasteiger partial charge >= 0.3 is 0 Å². The summed E-state index contributed by atoms with van der Waals surface area (Å²) in [5.74, 6) is -1.61. The molecular formula is C15H12F2O2. The minimum absolute atomic E-state index is 0.00241. The maximum Gasteiger partial charge on any atom is 0.170 e. The van der Waals surface area contributed by atoms with E-state index in [9.17, 15) is 13.6 Å². The van der Waals surface area contributed by atoms with Crippen LogP contribution >= 0.6 is 0 Å². The van der Waals surface area contributed by atoms with Crippen LogP contribution in [0.4, 0.5) is 8.78 Å². The molecule has 2 aromatic rings. The summed E-state index contributed by atoms with van der Waals surface area (Å²) in [5, 5.41) is 0. The zero-order chi connectivity index (χ0) is 13.8. The Morgan fingerprint density at radius 3 is 2.53 bits per heavy atom. The number of Topliss-reactive ketones (excluding diaryl/α,β-unsaturated/α-hetero) is 1. The molecular weight excluding hydrogens is 250 g/mol. The van der Waals surface area contributed by atoms with Gasteiger partial charge < -0.3 is 4.74 Å². The van der Waals surface area contributed by atoms with Crippen molar-refractivity contribution in [2.24, 2.45) is 0 Å². The number of carbonyl (C=O) groups excluding carboxylic acids is 1. The van der Waals surface area contributed by atoms with Crippen molar-refractivity contribution in [1.29, 1.82) is 0 Å². The first-order valence-electron chi connectivity index (χ1n) is 5.72. The molecule has 0 aliphatic heterocycles. The van der Waals surface area contributed by atoms with Crippen LogP contribution in [0.2, 0.25) is 0 Å². The monoisotopic (exact) mass is 262 g/mol. The molecule has 0 spiro atoms. The van der Waals surface area contributed by atoms with Crippen molar-refractivity contribution in [3.63, 3.8) is 0 Å². The Kier molecular flexibility index (Phi) is 3.90. The van der Waals surface area contributed by atoms with Gasteiger partial charge in [0.05, 0.1) is 12.7 Å². The van der Waals surface area contributed by atoms with Crippen LogP contribution in [0.1, 0.15) is 15.9 Å². The third-order valence-corrected chi connectivity index (χ3v) is 2.76. The summed E-state index contributed by atoms with van der Waals surface area (Å²) in [5.41, 5.74) is 0.851. The third-order valence-electron chi connectivity index (χ3n) is 2.76. The fraction of sp³-hybridized carbons (Fsp3) is 0.133. The van der Waals surface area contributed by atoms with Gasteiger partial charge in [0.2, 0.25) is 0 Å². The van der Waals surface area contributed by atoms with Crippen LogP contribution in [0, 0.1) is 11.6 Å². The number of halogens is 2. The van der Waals surface area contributed by atoms with E-state index >= 15 is 0 Å². The molecule has 4 heteroatoms. The molecule has 0 aliphatic carbocycles. The van der Waals surface area contributed by atoms with Crippen molar-refractivity contribution in [2.75, 3.05) is 7.11 Å². The lowest BCUT2D eigenvalue weighted by molar-refractivity contribution is 0.0990. The largest absolute Gasteiger partial charge is 0.496 e. The molecule has 0 fully saturated rings. The molecule has 0 saturated heterocycles. The molecule has 98 valence electrons. The highest BCUT2D eigenvalue weighted by Gasteiger charge is 2.13. The molecule has 19 heavy (non-hydrogen) atoms. The summed E-state index contributed by atoms with van der Waals surface area (Å²) in [7, 11) is 1.48. The number of para-hydroxylation sites is 1. The summed E-state index contributed by atoms with van der Waals surface area (Å²) >= 11 is 0. The van der Waals surface area contributed by atoms with E-state index in [0.29, 0.717) is 16.9 Å². The van der Waals surface area contributed by atoms with Crippen LogP contribution < -0.4 is 4.74 Å². The Morgan fingerprint density at radius 1 is 1.11 bits per heavy atom. The highest BCUT2D eigenvalue weighted by atomic mass is 19.2. The van der Waals surface area contributed by atoms with Gasteiger partial charge in [0.1, 0.15) is 5.75 Å². The average Bonchev–Trinajstić information content (AvgIpc) is 2.43. The zero-order valence-electron chi connectivity index (χ0n) is 10.3. The third kappa shape index (κ3) is 2.96. The van der Waals surface area contributed by atoms with Crippen LogP contribution in [-0.2, 0) is 6.42 Å². The maximum absolute atomic E-state index is 13.1. The summed E-state index contributed by atoms with van der Waals surface area (Å²) in [6, 6.07) is 10.2. The van der Waals surface area contributed by atoms with Crippen LogP contribution in [0.5, 0.6) is 5.75 Å². The lowest BCUT2D eigenvalue weighted by Crippen LogP contribution is -2.06. The normalized spacial score (nSPS) is 10.3. The van der Waals surface area contributed by atoms with Crippen molar-refractivity contribution in [1.82, 2.24) is 0 Å². The van der Waals surface area contributed by atoms with Crippen LogP contribution in [-0.4, -0.2) is 12.9 Å². The predicted molar refractivity (Wildman–Crippen MR) is 67.4 cm³/mol.